The van der Waals surface area contributed by atoms with Crippen molar-refractivity contribution in [3.05, 3.63) is 71.0 Å². The second-order valence-corrected chi connectivity index (χ2v) is 5.91. The lowest BCUT2D eigenvalue weighted by molar-refractivity contribution is 1.21. The van der Waals surface area contributed by atoms with Crippen molar-refractivity contribution in [2.45, 2.75) is 0 Å². The van der Waals surface area contributed by atoms with Gasteiger partial charge in [0.1, 0.15) is 7.85 Å². The van der Waals surface area contributed by atoms with Gasteiger partial charge < -0.3 is 0 Å². The van der Waals surface area contributed by atoms with Gasteiger partial charge in [0.05, 0.1) is 11.0 Å². The average molecular weight is 281 g/mol. The van der Waals surface area contributed by atoms with Gasteiger partial charge in [-0.3, -0.25) is 9.20 Å². The molecule has 102 valence electrons. The monoisotopic (exact) mass is 281 g/mol. The van der Waals surface area contributed by atoms with E-state index in [0.29, 0.717) is 0 Å². The maximum atomic E-state index is 13.0. The molecular weight excluding hydrogens is 269 g/mol. The second kappa shape index (κ2) is 3.89. The van der Waals surface area contributed by atoms with Crippen molar-refractivity contribution >= 4 is 51.3 Å². The summed E-state index contributed by atoms with van der Waals surface area (Å²) in [5.74, 6) is 0. The van der Waals surface area contributed by atoms with Crippen LogP contribution < -0.4 is 11.0 Å². The van der Waals surface area contributed by atoms with Gasteiger partial charge in [-0.1, -0.05) is 54.0 Å². The summed E-state index contributed by atoms with van der Waals surface area (Å²) in [6, 6.07) is 20.5. The van der Waals surface area contributed by atoms with E-state index in [0.717, 1.165) is 38.0 Å². The van der Waals surface area contributed by atoms with Gasteiger partial charge in [0.25, 0.3) is 5.56 Å². The van der Waals surface area contributed by atoms with Crippen LogP contribution in [0.3, 0.4) is 0 Å². The summed E-state index contributed by atoms with van der Waals surface area (Å²) in [7, 11) is 2.09. The highest BCUT2D eigenvalue weighted by molar-refractivity contribution is 6.34. The Morgan fingerprint density at radius 3 is 2.23 bits per heavy atom. The Bertz CT molecular complexity index is 1250. The van der Waals surface area contributed by atoms with Crippen LogP contribution in [-0.4, -0.2) is 12.2 Å². The Hall–Kier alpha value is -2.81. The highest BCUT2D eigenvalue weighted by Gasteiger charge is 2.16. The molecule has 5 rings (SSSR count). The van der Waals surface area contributed by atoms with E-state index in [9.17, 15) is 4.79 Å². The Balaban J connectivity index is 2.29. The molecule has 2 aromatic heterocycles. The Morgan fingerprint density at radius 2 is 1.41 bits per heavy atom. The first-order valence-corrected chi connectivity index (χ1v) is 7.43. The molecule has 0 aliphatic heterocycles. The Labute approximate surface area is 127 Å². The number of aromatic nitrogens is 1. The zero-order valence-electron chi connectivity index (χ0n) is 12.1. The molecule has 2 nitrogen and oxygen atoms in total. The zero-order valence-corrected chi connectivity index (χ0v) is 12.1. The quantitative estimate of drug-likeness (QED) is 0.315. The van der Waals surface area contributed by atoms with Crippen molar-refractivity contribution in [2.24, 2.45) is 0 Å². The molecule has 0 N–H and O–H groups in total. The second-order valence-electron chi connectivity index (χ2n) is 5.91. The summed E-state index contributed by atoms with van der Waals surface area (Å²) in [5, 5.41) is 5.25. The lowest BCUT2D eigenvalue weighted by Gasteiger charge is -2.05. The van der Waals surface area contributed by atoms with Crippen LogP contribution in [0.5, 0.6) is 0 Å². The van der Waals surface area contributed by atoms with Crippen molar-refractivity contribution in [3.63, 3.8) is 0 Å². The molecule has 0 aliphatic carbocycles. The van der Waals surface area contributed by atoms with E-state index in [2.05, 4.69) is 44.2 Å². The van der Waals surface area contributed by atoms with Crippen LogP contribution in [0.1, 0.15) is 0 Å². The average Bonchev–Trinajstić information content (AvgIpc) is 2.88. The molecule has 0 amide bonds. The standard InChI is InChI=1S/C19H12BNO/c20-11-8-9-17-16(10-11)14-7-3-6-13-12-4-1-2-5-15(12)19(22)21(17)18(13)14/h1-10H,20H2. The van der Waals surface area contributed by atoms with E-state index in [1.165, 1.54) is 5.46 Å². The molecular formula is C19H12BNO. The first kappa shape index (κ1) is 11.8. The van der Waals surface area contributed by atoms with Gasteiger partial charge in [-0.05, 0) is 17.5 Å². The van der Waals surface area contributed by atoms with Crippen molar-refractivity contribution in [3.8, 4) is 0 Å². The summed E-state index contributed by atoms with van der Waals surface area (Å²) < 4.78 is 1.88. The van der Waals surface area contributed by atoms with E-state index in [1.54, 1.807) is 0 Å². The third-order valence-electron chi connectivity index (χ3n) is 4.59. The maximum Gasteiger partial charge on any atom is 0.263 e. The van der Waals surface area contributed by atoms with Crippen molar-refractivity contribution < 1.29 is 0 Å². The van der Waals surface area contributed by atoms with Gasteiger partial charge in [0, 0.05) is 21.5 Å². The molecule has 0 aliphatic rings. The molecule has 0 saturated carbocycles. The lowest BCUT2D eigenvalue weighted by atomic mass is 9.94. The minimum absolute atomic E-state index is 0.0677. The van der Waals surface area contributed by atoms with Crippen LogP contribution in [0.2, 0.25) is 0 Å². The number of pyridine rings is 1. The normalized spacial score (nSPS) is 12.0. The number of benzene rings is 3. The SMILES string of the molecule is Bc1ccc2c(c1)c1cccc3c4ccccc4c(=O)n2c31. The molecule has 0 radical (unpaired) electrons. The van der Waals surface area contributed by atoms with Gasteiger partial charge in [0.15, 0.2) is 0 Å². The van der Waals surface area contributed by atoms with Gasteiger partial charge in [-0.15, -0.1) is 0 Å². The molecule has 0 bridgehead atoms. The van der Waals surface area contributed by atoms with Crippen molar-refractivity contribution in [1.29, 1.82) is 0 Å². The fourth-order valence-electron chi connectivity index (χ4n) is 3.64. The minimum atomic E-state index is 0.0677. The van der Waals surface area contributed by atoms with E-state index >= 15 is 0 Å². The Kier molecular flexibility index (Phi) is 2.09. The van der Waals surface area contributed by atoms with Gasteiger partial charge in [-0.25, -0.2) is 0 Å². The van der Waals surface area contributed by atoms with E-state index < -0.39 is 0 Å². The Morgan fingerprint density at radius 1 is 0.727 bits per heavy atom. The number of para-hydroxylation sites is 1. The first-order valence-electron chi connectivity index (χ1n) is 7.43. The third kappa shape index (κ3) is 1.29. The fraction of sp³-hybridized carbons (Fsp3) is 0. The van der Waals surface area contributed by atoms with Crippen LogP contribution in [0.25, 0.3) is 38.0 Å². The molecule has 0 saturated heterocycles. The predicted molar refractivity (Wildman–Crippen MR) is 95.5 cm³/mol. The minimum Gasteiger partial charge on any atom is -0.275 e. The number of nitrogens with zero attached hydrogens (tertiary/aromatic N) is 1. The molecule has 0 spiro atoms. The van der Waals surface area contributed by atoms with Crippen LogP contribution in [0.15, 0.2) is 65.5 Å². The molecule has 3 aromatic carbocycles. The lowest BCUT2D eigenvalue weighted by Crippen LogP contribution is -2.13. The summed E-state index contributed by atoms with van der Waals surface area (Å²) in [4.78, 5) is 13.0. The number of hydrogen-bond acceptors (Lipinski definition) is 1. The number of fused-ring (bicyclic) bond motifs is 5. The van der Waals surface area contributed by atoms with E-state index in [1.807, 2.05) is 28.7 Å². The van der Waals surface area contributed by atoms with Crippen LogP contribution in [0, 0.1) is 0 Å². The van der Waals surface area contributed by atoms with Gasteiger partial charge in [0.2, 0.25) is 0 Å². The molecule has 22 heavy (non-hydrogen) atoms. The zero-order chi connectivity index (χ0) is 14.8. The highest BCUT2D eigenvalue weighted by Crippen LogP contribution is 2.33. The maximum absolute atomic E-state index is 13.0. The van der Waals surface area contributed by atoms with Crippen LogP contribution in [0.4, 0.5) is 0 Å². The predicted octanol–water partition coefficient (Wildman–Crippen LogP) is 2.46. The summed E-state index contributed by atoms with van der Waals surface area (Å²) in [6.45, 7) is 0. The molecule has 3 heteroatoms. The first-order chi connectivity index (χ1) is 10.8. The molecule has 0 unspecified atom stereocenters. The van der Waals surface area contributed by atoms with E-state index in [4.69, 9.17) is 0 Å². The molecule has 5 aromatic rings. The summed E-state index contributed by atoms with van der Waals surface area (Å²) in [5.41, 5.74) is 3.30. The van der Waals surface area contributed by atoms with Gasteiger partial charge >= 0.3 is 0 Å². The summed E-state index contributed by atoms with van der Waals surface area (Å²) in [6.07, 6.45) is 0. The topological polar surface area (TPSA) is 21.5 Å². The highest BCUT2D eigenvalue weighted by atomic mass is 16.1. The van der Waals surface area contributed by atoms with Crippen LogP contribution in [-0.2, 0) is 0 Å². The van der Waals surface area contributed by atoms with Crippen molar-refractivity contribution in [1.82, 2.24) is 4.40 Å². The fourth-order valence-corrected chi connectivity index (χ4v) is 3.64. The van der Waals surface area contributed by atoms with E-state index in [-0.39, 0.29) is 5.56 Å². The number of hydrogen-bond donors (Lipinski definition) is 0. The molecule has 2 heterocycles. The largest absolute Gasteiger partial charge is 0.275 e. The smallest absolute Gasteiger partial charge is 0.263 e. The number of rotatable bonds is 0. The molecule has 0 fully saturated rings. The van der Waals surface area contributed by atoms with Crippen LogP contribution >= 0.6 is 0 Å². The van der Waals surface area contributed by atoms with Crippen molar-refractivity contribution in [2.75, 3.05) is 0 Å². The molecule has 0 atom stereocenters. The van der Waals surface area contributed by atoms with Gasteiger partial charge in [-0.2, -0.15) is 0 Å². The third-order valence-corrected chi connectivity index (χ3v) is 4.59. The summed E-state index contributed by atoms with van der Waals surface area (Å²) >= 11 is 0.